The quantitative estimate of drug-likeness (QED) is 0.421. The van der Waals surface area contributed by atoms with Gasteiger partial charge >= 0.3 is 0 Å². The first-order valence-electron chi connectivity index (χ1n) is 7.52. The van der Waals surface area contributed by atoms with Crippen LogP contribution in [0.5, 0.6) is 0 Å². The minimum absolute atomic E-state index is 0.765. The van der Waals surface area contributed by atoms with Crippen molar-refractivity contribution in [2.24, 2.45) is 0 Å². The fourth-order valence-corrected chi connectivity index (χ4v) is 2.54. The molecule has 1 aromatic carbocycles. The molecule has 0 aliphatic heterocycles. The van der Waals surface area contributed by atoms with E-state index in [1.165, 1.54) is 11.1 Å². The monoisotopic (exact) mass is 333 g/mol. The van der Waals surface area contributed by atoms with Gasteiger partial charge in [-0.05, 0) is 23.3 Å². The first-order chi connectivity index (χ1) is 10.8. The van der Waals surface area contributed by atoms with Crippen LogP contribution in [0, 0.1) is 0 Å². The Morgan fingerprint density at radius 3 is 1.82 bits per heavy atom. The molecule has 2 aromatic rings. The summed E-state index contributed by atoms with van der Waals surface area (Å²) in [4.78, 5) is 4.73. The molecule has 0 aliphatic rings. The van der Waals surface area contributed by atoms with E-state index in [4.69, 9.17) is 4.98 Å². The third-order valence-corrected chi connectivity index (χ3v) is 3.68. The summed E-state index contributed by atoms with van der Waals surface area (Å²) in [6.45, 7) is 3.29. The number of nitrogens with zero attached hydrogens (tertiary/aromatic N) is 1. The van der Waals surface area contributed by atoms with Crippen LogP contribution in [0.25, 0.3) is 11.1 Å². The van der Waals surface area contributed by atoms with Crippen LogP contribution in [-0.2, 0) is 13.1 Å². The molecule has 3 nitrogen and oxygen atoms in total. The van der Waals surface area contributed by atoms with E-state index in [1.807, 2.05) is 6.07 Å². The first-order valence-corrected chi connectivity index (χ1v) is 8.78. The SMILES string of the molecule is SCCNCc1cc(-c2ccccc2)cc(CNCCS)n1. The Labute approximate surface area is 143 Å². The number of nitrogens with one attached hydrogen (secondary N) is 2. The average molecular weight is 334 g/mol. The Kier molecular flexibility index (Phi) is 7.80. The summed E-state index contributed by atoms with van der Waals surface area (Å²) >= 11 is 8.44. The number of rotatable bonds is 9. The number of pyridine rings is 1. The van der Waals surface area contributed by atoms with Crippen LogP contribution in [0.15, 0.2) is 42.5 Å². The molecule has 0 fully saturated rings. The standard InChI is InChI=1S/C17H23N3S2/c21-8-6-18-12-16-10-15(14-4-2-1-3-5-14)11-17(20-16)13-19-7-9-22/h1-5,10-11,18-19,21-22H,6-9,12-13H2. The molecule has 0 saturated carbocycles. The second-order valence-corrected chi connectivity index (χ2v) is 5.90. The van der Waals surface area contributed by atoms with Gasteiger partial charge in [0.05, 0.1) is 11.4 Å². The van der Waals surface area contributed by atoms with E-state index in [0.717, 1.165) is 49.1 Å². The Balaban J connectivity index is 2.19. The van der Waals surface area contributed by atoms with Crippen LogP contribution in [-0.4, -0.2) is 29.6 Å². The number of thiol groups is 2. The fraction of sp³-hybridized carbons (Fsp3) is 0.353. The summed E-state index contributed by atoms with van der Waals surface area (Å²) in [5.74, 6) is 1.66. The third kappa shape index (κ3) is 5.65. The van der Waals surface area contributed by atoms with Gasteiger partial charge in [0, 0.05) is 37.7 Å². The van der Waals surface area contributed by atoms with E-state index >= 15 is 0 Å². The molecule has 0 spiro atoms. The number of hydrogen-bond acceptors (Lipinski definition) is 5. The lowest BCUT2D eigenvalue weighted by molar-refractivity contribution is 0.688. The molecule has 5 heteroatoms. The van der Waals surface area contributed by atoms with Crippen LogP contribution < -0.4 is 10.6 Å². The van der Waals surface area contributed by atoms with E-state index in [-0.39, 0.29) is 0 Å². The maximum Gasteiger partial charge on any atom is 0.0551 e. The highest BCUT2D eigenvalue weighted by Crippen LogP contribution is 2.20. The van der Waals surface area contributed by atoms with Gasteiger partial charge < -0.3 is 10.6 Å². The zero-order chi connectivity index (χ0) is 15.6. The van der Waals surface area contributed by atoms with Crippen molar-refractivity contribution in [3.05, 3.63) is 53.9 Å². The van der Waals surface area contributed by atoms with Crippen molar-refractivity contribution in [1.82, 2.24) is 15.6 Å². The Bertz CT molecular complexity index is 533. The number of aromatic nitrogens is 1. The lowest BCUT2D eigenvalue weighted by atomic mass is 10.0. The molecule has 0 bridgehead atoms. The van der Waals surface area contributed by atoms with Gasteiger partial charge in [-0.3, -0.25) is 4.98 Å². The first kappa shape index (κ1) is 17.3. The summed E-state index contributed by atoms with van der Waals surface area (Å²) in [5.41, 5.74) is 4.55. The minimum atomic E-state index is 0.765. The molecule has 2 rings (SSSR count). The molecule has 2 N–H and O–H groups in total. The van der Waals surface area contributed by atoms with Crippen LogP contribution in [0.4, 0.5) is 0 Å². The normalized spacial score (nSPS) is 10.8. The zero-order valence-electron chi connectivity index (χ0n) is 12.6. The summed E-state index contributed by atoms with van der Waals surface area (Å²) in [6.07, 6.45) is 0. The van der Waals surface area contributed by atoms with Gasteiger partial charge in [-0.15, -0.1) is 0 Å². The van der Waals surface area contributed by atoms with E-state index in [1.54, 1.807) is 0 Å². The maximum atomic E-state index is 4.73. The molecule has 0 saturated heterocycles. The van der Waals surface area contributed by atoms with E-state index in [2.05, 4.69) is 72.3 Å². The highest BCUT2D eigenvalue weighted by Gasteiger charge is 2.05. The summed E-state index contributed by atoms with van der Waals surface area (Å²) in [7, 11) is 0. The van der Waals surface area contributed by atoms with Gasteiger partial charge in [-0.2, -0.15) is 25.3 Å². The summed E-state index contributed by atoms with van der Waals surface area (Å²) in [5, 5.41) is 6.71. The Morgan fingerprint density at radius 1 is 0.773 bits per heavy atom. The predicted molar refractivity (Wildman–Crippen MR) is 101 cm³/mol. The van der Waals surface area contributed by atoms with E-state index < -0.39 is 0 Å². The van der Waals surface area contributed by atoms with Gasteiger partial charge in [0.1, 0.15) is 0 Å². The van der Waals surface area contributed by atoms with Crippen LogP contribution in [0.1, 0.15) is 11.4 Å². The summed E-state index contributed by atoms with van der Waals surface area (Å²) in [6, 6.07) is 14.7. The number of benzene rings is 1. The molecule has 0 amide bonds. The molecule has 0 aliphatic carbocycles. The van der Waals surface area contributed by atoms with Crippen LogP contribution in [0.3, 0.4) is 0 Å². The van der Waals surface area contributed by atoms with Crippen LogP contribution in [0.2, 0.25) is 0 Å². The summed E-state index contributed by atoms with van der Waals surface area (Å²) < 4.78 is 0. The van der Waals surface area contributed by atoms with Gasteiger partial charge in [0.15, 0.2) is 0 Å². The third-order valence-electron chi connectivity index (χ3n) is 3.23. The molecular formula is C17H23N3S2. The second-order valence-electron chi connectivity index (χ2n) is 5.01. The van der Waals surface area contributed by atoms with E-state index in [0.29, 0.717) is 0 Å². The molecular weight excluding hydrogens is 310 g/mol. The Hall–Kier alpha value is -1.01. The lowest BCUT2D eigenvalue weighted by Gasteiger charge is -2.10. The van der Waals surface area contributed by atoms with E-state index in [9.17, 15) is 0 Å². The molecule has 0 radical (unpaired) electrons. The lowest BCUT2D eigenvalue weighted by Crippen LogP contribution is -2.19. The van der Waals surface area contributed by atoms with Crippen molar-refractivity contribution >= 4 is 25.3 Å². The average Bonchev–Trinajstić information content (AvgIpc) is 2.56. The fourth-order valence-electron chi connectivity index (χ4n) is 2.22. The number of hydrogen-bond donors (Lipinski definition) is 4. The molecule has 1 aromatic heterocycles. The molecule has 0 unspecified atom stereocenters. The van der Waals surface area contributed by atoms with Gasteiger partial charge in [0.25, 0.3) is 0 Å². The predicted octanol–water partition coefficient (Wildman–Crippen LogP) is 2.79. The topological polar surface area (TPSA) is 37.0 Å². The largest absolute Gasteiger partial charge is 0.310 e. The second kappa shape index (κ2) is 9.90. The van der Waals surface area contributed by atoms with Crippen molar-refractivity contribution in [2.75, 3.05) is 24.6 Å². The van der Waals surface area contributed by atoms with Crippen molar-refractivity contribution in [2.45, 2.75) is 13.1 Å². The molecule has 22 heavy (non-hydrogen) atoms. The minimum Gasteiger partial charge on any atom is -0.310 e. The maximum absolute atomic E-state index is 4.73. The highest BCUT2D eigenvalue weighted by atomic mass is 32.1. The Morgan fingerprint density at radius 2 is 1.32 bits per heavy atom. The molecule has 0 atom stereocenters. The van der Waals surface area contributed by atoms with Crippen molar-refractivity contribution in [3.8, 4) is 11.1 Å². The zero-order valence-corrected chi connectivity index (χ0v) is 14.4. The van der Waals surface area contributed by atoms with Gasteiger partial charge in [-0.25, -0.2) is 0 Å². The van der Waals surface area contributed by atoms with Gasteiger partial charge in [-0.1, -0.05) is 30.3 Å². The highest BCUT2D eigenvalue weighted by molar-refractivity contribution is 7.80. The van der Waals surface area contributed by atoms with Crippen molar-refractivity contribution in [1.29, 1.82) is 0 Å². The van der Waals surface area contributed by atoms with Crippen molar-refractivity contribution < 1.29 is 0 Å². The van der Waals surface area contributed by atoms with Crippen LogP contribution >= 0.6 is 25.3 Å². The smallest absolute Gasteiger partial charge is 0.0551 e. The van der Waals surface area contributed by atoms with Gasteiger partial charge in [0.2, 0.25) is 0 Å². The molecule has 118 valence electrons. The molecule has 1 heterocycles. The van der Waals surface area contributed by atoms with Crippen molar-refractivity contribution in [3.63, 3.8) is 0 Å².